The Bertz CT molecular complexity index is 1760. The number of unbranched alkanes of at least 4 members (excludes halogenated alkanes) is 2. The summed E-state index contributed by atoms with van der Waals surface area (Å²) in [4.78, 5) is 37.8. The van der Waals surface area contributed by atoms with E-state index in [1.807, 2.05) is 49.4 Å². The lowest BCUT2D eigenvalue weighted by Crippen LogP contribution is -2.32. The molecule has 0 aliphatic carbocycles. The molecule has 1 fully saturated rings. The SMILES string of the molecule is Cc1ccc(Cl)cc1.O=CCCCCNCc1ccccc1N1CCC(=CCNC(=O)c2cc(=O)c3cc(SC(F)(F)F)ccc3o2)CC1. The van der Waals surface area contributed by atoms with E-state index < -0.39 is 16.8 Å². The van der Waals surface area contributed by atoms with Gasteiger partial charge in [0.25, 0.3) is 5.91 Å². The number of para-hydroxylation sites is 1. The highest BCUT2D eigenvalue weighted by molar-refractivity contribution is 8.00. The van der Waals surface area contributed by atoms with Gasteiger partial charge in [-0.05, 0) is 92.9 Å². The van der Waals surface area contributed by atoms with Crippen molar-refractivity contribution >= 4 is 52.2 Å². The number of halogens is 4. The van der Waals surface area contributed by atoms with Gasteiger partial charge in [-0.25, -0.2) is 0 Å². The Labute approximate surface area is 292 Å². The van der Waals surface area contributed by atoms with E-state index >= 15 is 0 Å². The molecule has 49 heavy (non-hydrogen) atoms. The average molecular weight is 714 g/mol. The third-order valence-electron chi connectivity index (χ3n) is 7.80. The standard InChI is InChI=1S/C30H32F3N3O4S.C7H7Cl/c31-30(32,33)41-23-8-9-27-24(18-23)26(38)19-28(40-27)29(39)35-14-10-21-11-15-36(16-12-21)25-7-3-2-6-22(25)20-34-13-4-1-5-17-37;1-6-2-4-7(8)5-3-6/h2-3,6-10,17-19,34H,1,4-5,11-16,20H2,(H,35,39);2-5H,1H3. The number of aldehydes is 1. The van der Waals surface area contributed by atoms with E-state index in [4.69, 9.17) is 16.0 Å². The van der Waals surface area contributed by atoms with Crippen molar-refractivity contribution in [3.05, 3.63) is 117 Å². The molecular weight excluding hydrogens is 675 g/mol. The van der Waals surface area contributed by atoms with Crippen molar-refractivity contribution in [3.63, 3.8) is 0 Å². The summed E-state index contributed by atoms with van der Waals surface area (Å²) in [5.74, 6) is -0.763. The summed E-state index contributed by atoms with van der Waals surface area (Å²) in [5, 5.41) is 6.98. The zero-order chi connectivity index (χ0) is 35.2. The van der Waals surface area contributed by atoms with Crippen molar-refractivity contribution in [1.29, 1.82) is 0 Å². The van der Waals surface area contributed by atoms with Gasteiger partial charge in [0.1, 0.15) is 11.9 Å². The Hall–Kier alpha value is -4.06. The molecule has 2 N–H and O–H groups in total. The van der Waals surface area contributed by atoms with Crippen LogP contribution in [0.25, 0.3) is 11.0 Å². The summed E-state index contributed by atoms with van der Waals surface area (Å²) >= 11 is 5.30. The molecule has 2 heterocycles. The Morgan fingerprint density at radius 2 is 1.76 bits per heavy atom. The van der Waals surface area contributed by atoms with E-state index in [-0.39, 0.29) is 39.9 Å². The first-order chi connectivity index (χ1) is 23.5. The molecule has 0 unspecified atom stereocenters. The molecule has 1 amide bonds. The number of fused-ring (bicyclic) bond motifs is 1. The molecule has 0 atom stereocenters. The van der Waals surface area contributed by atoms with Crippen LogP contribution in [-0.4, -0.2) is 43.9 Å². The molecule has 3 aromatic carbocycles. The quantitative estimate of drug-likeness (QED) is 0.0659. The minimum Gasteiger partial charge on any atom is -0.451 e. The van der Waals surface area contributed by atoms with Crippen molar-refractivity contribution in [2.24, 2.45) is 0 Å². The number of carbonyl (C=O) groups is 2. The van der Waals surface area contributed by atoms with Crippen molar-refractivity contribution in [1.82, 2.24) is 10.6 Å². The van der Waals surface area contributed by atoms with Gasteiger partial charge in [-0.1, -0.05) is 59.1 Å². The number of piperidine rings is 1. The Kier molecular flexibility index (Phi) is 14.4. The van der Waals surface area contributed by atoms with Crippen molar-refractivity contribution < 1.29 is 27.2 Å². The summed E-state index contributed by atoms with van der Waals surface area (Å²) in [6.45, 7) is 5.64. The van der Waals surface area contributed by atoms with Crippen LogP contribution in [0.5, 0.6) is 0 Å². The van der Waals surface area contributed by atoms with Gasteiger partial charge in [-0.15, -0.1) is 0 Å². The lowest BCUT2D eigenvalue weighted by atomic mass is 10.0. The summed E-state index contributed by atoms with van der Waals surface area (Å²) in [6.07, 6.45) is 7.10. The van der Waals surface area contributed by atoms with Crippen molar-refractivity contribution in [3.8, 4) is 0 Å². The molecule has 1 aromatic heterocycles. The molecule has 4 aromatic rings. The first-order valence-electron chi connectivity index (χ1n) is 16.0. The second-order valence-electron chi connectivity index (χ2n) is 11.5. The molecule has 1 saturated heterocycles. The first-order valence-corrected chi connectivity index (χ1v) is 17.2. The molecule has 0 radical (unpaired) electrons. The van der Waals surface area contributed by atoms with Gasteiger partial charge in [0.2, 0.25) is 0 Å². The van der Waals surface area contributed by atoms with Gasteiger partial charge in [-0.3, -0.25) is 9.59 Å². The fraction of sp³-hybridized carbons (Fsp3) is 0.324. The molecule has 1 aliphatic rings. The molecule has 0 saturated carbocycles. The predicted molar refractivity (Wildman–Crippen MR) is 191 cm³/mol. The van der Waals surface area contributed by atoms with E-state index in [1.54, 1.807) is 0 Å². The number of nitrogens with one attached hydrogen (secondary N) is 2. The number of hydrogen-bond donors (Lipinski definition) is 2. The monoisotopic (exact) mass is 713 g/mol. The second-order valence-corrected chi connectivity index (χ2v) is 13.1. The molecule has 1 aliphatic heterocycles. The van der Waals surface area contributed by atoms with Gasteiger partial charge in [-0.2, -0.15) is 13.2 Å². The number of anilines is 1. The molecule has 260 valence electrons. The number of rotatable bonds is 12. The second kappa shape index (κ2) is 18.6. The summed E-state index contributed by atoms with van der Waals surface area (Å²) in [7, 11) is 0. The predicted octanol–water partition coefficient (Wildman–Crippen LogP) is 8.47. The number of carbonyl (C=O) groups excluding carboxylic acids is 2. The number of alkyl halides is 3. The van der Waals surface area contributed by atoms with Gasteiger partial charge in [0, 0.05) is 54.3 Å². The Morgan fingerprint density at radius 3 is 2.45 bits per heavy atom. The molecule has 0 spiro atoms. The van der Waals surface area contributed by atoms with Gasteiger partial charge in [0.05, 0.1) is 5.39 Å². The lowest BCUT2D eigenvalue weighted by Gasteiger charge is -2.32. The summed E-state index contributed by atoms with van der Waals surface area (Å²) in [5.41, 5.74) is -0.102. The van der Waals surface area contributed by atoms with Gasteiger partial charge >= 0.3 is 5.51 Å². The van der Waals surface area contributed by atoms with E-state index in [0.717, 1.165) is 75.3 Å². The highest BCUT2D eigenvalue weighted by Gasteiger charge is 2.29. The molecular formula is C37H39ClF3N3O4S. The van der Waals surface area contributed by atoms with Crippen LogP contribution in [0.4, 0.5) is 18.9 Å². The van der Waals surface area contributed by atoms with Crippen LogP contribution in [0.2, 0.25) is 5.02 Å². The largest absolute Gasteiger partial charge is 0.451 e. The van der Waals surface area contributed by atoms with Crippen LogP contribution in [0.15, 0.2) is 98.6 Å². The topological polar surface area (TPSA) is 91.7 Å². The van der Waals surface area contributed by atoms with Crippen LogP contribution < -0.4 is 21.0 Å². The van der Waals surface area contributed by atoms with E-state index in [9.17, 15) is 27.6 Å². The zero-order valence-electron chi connectivity index (χ0n) is 27.2. The normalized spacial score (nSPS) is 13.1. The summed E-state index contributed by atoms with van der Waals surface area (Å²) in [6, 6.07) is 20.7. The fourth-order valence-corrected chi connectivity index (χ4v) is 5.97. The number of benzene rings is 3. The van der Waals surface area contributed by atoms with Crippen LogP contribution >= 0.6 is 23.4 Å². The van der Waals surface area contributed by atoms with Crippen LogP contribution in [-0.2, 0) is 11.3 Å². The molecule has 0 bridgehead atoms. The minimum absolute atomic E-state index is 0.0170. The first kappa shape index (κ1) is 37.8. The highest BCUT2D eigenvalue weighted by atomic mass is 35.5. The molecule has 12 heteroatoms. The molecule has 7 nitrogen and oxygen atoms in total. The van der Waals surface area contributed by atoms with Gasteiger partial charge < -0.3 is 24.7 Å². The minimum atomic E-state index is -4.47. The van der Waals surface area contributed by atoms with Gasteiger partial charge in [0.15, 0.2) is 11.2 Å². The highest BCUT2D eigenvalue weighted by Crippen LogP contribution is 2.37. The number of aryl methyl sites for hydroxylation is 1. The third kappa shape index (κ3) is 12.4. The average Bonchev–Trinajstić information content (AvgIpc) is 3.08. The fourth-order valence-electron chi connectivity index (χ4n) is 5.26. The zero-order valence-corrected chi connectivity index (χ0v) is 28.7. The molecule has 5 rings (SSSR count). The maximum atomic E-state index is 12.7. The van der Waals surface area contributed by atoms with Crippen LogP contribution in [0.3, 0.4) is 0 Å². The van der Waals surface area contributed by atoms with E-state index in [2.05, 4.69) is 27.7 Å². The number of amides is 1. The van der Waals surface area contributed by atoms with E-state index in [0.29, 0.717) is 6.42 Å². The van der Waals surface area contributed by atoms with Crippen LogP contribution in [0, 0.1) is 6.92 Å². The van der Waals surface area contributed by atoms with E-state index in [1.165, 1.54) is 34.5 Å². The van der Waals surface area contributed by atoms with Crippen LogP contribution in [0.1, 0.15) is 53.8 Å². The smallest absolute Gasteiger partial charge is 0.446 e. The maximum absolute atomic E-state index is 12.7. The number of nitrogens with zero attached hydrogens (tertiary/aromatic N) is 1. The lowest BCUT2D eigenvalue weighted by molar-refractivity contribution is -0.107. The third-order valence-corrected chi connectivity index (χ3v) is 8.77. The van der Waals surface area contributed by atoms with Crippen molar-refractivity contribution in [2.75, 3.05) is 31.1 Å². The number of thioether (sulfide) groups is 1. The number of hydrogen-bond acceptors (Lipinski definition) is 7. The maximum Gasteiger partial charge on any atom is 0.446 e. The Balaban J connectivity index is 0.000000592. The summed E-state index contributed by atoms with van der Waals surface area (Å²) < 4.78 is 43.5. The van der Waals surface area contributed by atoms with Crippen molar-refractivity contribution in [2.45, 2.75) is 56.0 Å². The Morgan fingerprint density at radius 1 is 1.02 bits per heavy atom.